The highest BCUT2D eigenvalue weighted by atomic mass is 32.2. The maximum Gasteiger partial charge on any atom is 0.352 e. The van der Waals surface area contributed by atoms with Crippen molar-refractivity contribution in [2.75, 3.05) is 11.6 Å². The Balaban J connectivity index is 2.11. The van der Waals surface area contributed by atoms with Crippen LogP contribution in [-0.4, -0.2) is 32.1 Å². The van der Waals surface area contributed by atoms with Crippen LogP contribution >= 0.6 is 11.8 Å². The monoisotopic (exact) mass is 288 g/mol. The summed E-state index contributed by atoms with van der Waals surface area (Å²) >= 11 is 1.42. The number of hydrogen-bond donors (Lipinski definition) is 2. The van der Waals surface area contributed by atoms with Crippen molar-refractivity contribution in [3.8, 4) is 0 Å². The number of nitrogens with zero attached hydrogens (tertiary/aromatic N) is 3. The van der Waals surface area contributed by atoms with Crippen LogP contribution in [0.15, 0.2) is 47.3 Å². The molecule has 0 amide bonds. The van der Waals surface area contributed by atoms with E-state index in [2.05, 4.69) is 15.4 Å². The Morgan fingerprint density at radius 1 is 1.40 bits per heavy atom. The van der Waals surface area contributed by atoms with Gasteiger partial charge < -0.3 is 10.4 Å². The third-order valence-electron chi connectivity index (χ3n) is 3.00. The Morgan fingerprint density at radius 3 is 2.80 bits per heavy atom. The molecular weight excluding hydrogens is 276 g/mol. The first-order valence-corrected chi connectivity index (χ1v) is 7.19. The summed E-state index contributed by atoms with van der Waals surface area (Å²) in [4.78, 5) is 15.5. The molecule has 0 fully saturated rings. The molecule has 3 rings (SSSR count). The van der Waals surface area contributed by atoms with Gasteiger partial charge in [-0.3, -0.25) is 0 Å². The molecule has 2 aromatic rings. The quantitative estimate of drug-likeness (QED) is 0.841. The lowest BCUT2D eigenvalue weighted by molar-refractivity contribution is -0.132. The molecule has 1 aromatic carbocycles. The maximum atomic E-state index is 11.2. The number of aromatic nitrogens is 3. The van der Waals surface area contributed by atoms with Crippen LogP contribution in [0.1, 0.15) is 11.6 Å². The molecule has 1 aliphatic heterocycles. The molecule has 1 aliphatic rings. The van der Waals surface area contributed by atoms with Gasteiger partial charge in [-0.25, -0.2) is 9.48 Å². The zero-order valence-corrected chi connectivity index (χ0v) is 11.5. The number of nitrogens with one attached hydrogen (secondary N) is 1. The summed E-state index contributed by atoms with van der Waals surface area (Å²) in [6.07, 6.45) is 3.52. The van der Waals surface area contributed by atoms with E-state index in [0.717, 1.165) is 5.56 Å². The number of allylic oxidation sites excluding steroid dienone is 1. The summed E-state index contributed by atoms with van der Waals surface area (Å²) < 4.78 is 1.70. The molecule has 0 aliphatic carbocycles. The molecule has 20 heavy (non-hydrogen) atoms. The molecule has 2 N–H and O–H groups in total. The number of benzene rings is 1. The first-order valence-electron chi connectivity index (χ1n) is 5.96. The van der Waals surface area contributed by atoms with Crippen molar-refractivity contribution in [2.24, 2.45) is 0 Å². The van der Waals surface area contributed by atoms with Gasteiger partial charge >= 0.3 is 5.97 Å². The zero-order valence-electron chi connectivity index (χ0n) is 10.6. The summed E-state index contributed by atoms with van der Waals surface area (Å²) in [7, 11) is 0. The van der Waals surface area contributed by atoms with E-state index in [1.807, 2.05) is 36.6 Å². The molecule has 1 atom stereocenters. The molecule has 1 aromatic heterocycles. The van der Waals surface area contributed by atoms with E-state index in [9.17, 15) is 9.90 Å². The standard InChI is InChI=1S/C13H12N4O2S/c1-20-13-15-12-14-9(11(18)19)7-10(17(12)16-13)8-5-3-2-4-6-8/h2-7,10H,1H3,(H,18,19)(H,14,15,16). The number of carboxylic acids is 1. The topological polar surface area (TPSA) is 80.0 Å². The Morgan fingerprint density at radius 2 is 2.15 bits per heavy atom. The van der Waals surface area contributed by atoms with Crippen LogP contribution < -0.4 is 5.32 Å². The Labute approximate surface area is 119 Å². The van der Waals surface area contributed by atoms with Crippen molar-refractivity contribution >= 4 is 23.7 Å². The van der Waals surface area contributed by atoms with E-state index in [0.29, 0.717) is 11.1 Å². The highest BCUT2D eigenvalue weighted by molar-refractivity contribution is 7.98. The fourth-order valence-electron chi connectivity index (χ4n) is 2.07. The molecular formula is C13H12N4O2S. The van der Waals surface area contributed by atoms with Crippen molar-refractivity contribution in [1.82, 2.24) is 14.8 Å². The summed E-state index contributed by atoms with van der Waals surface area (Å²) in [6, 6.07) is 9.36. The molecule has 0 radical (unpaired) electrons. The van der Waals surface area contributed by atoms with E-state index in [-0.39, 0.29) is 11.7 Å². The highest BCUT2D eigenvalue weighted by Gasteiger charge is 2.26. The minimum absolute atomic E-state index is 0.117. The van der Waals surface area contributed by atoms with Gasteiger partial charge in [0.25, 0.3) is 0 Å². The molecule has 0 saturated heterocycles. The predicted octanol–water partition coefficient (Wildman–Crippen LogP) is 1.98. The number of carbonyl (C=O) groups is 1. The summed E-state index contributed by atoms with van der Waals surface area (Å²) in [5.74, 6) is -0.561. The molecule has 102 valence electrons. The minimum Gasteiger partial charge on any atom is -0.477 e. The summed E-state index contributed by atoms with van der Waals surface area (Å²) in [6.45, 7) is 0. The highest BCUT2D eigenvalue weighted by Crippen LogP contribution is 2.30. The number of anilines is 1. The number of aliphatic carboxylic acids is 1. The third kappa shape index (κ3) is 2.16. The van der Waals surface area contributed by atoms with Crippen molar-refractivity contribution < 1.29 is 9.90 Å². The first kappa shape index (κ1) is 12.7. The Hall–Kier alpha value is -2.28. The van der Waals surface area contributed by atoms with Gasteiger partial charge in [-0.1, -0.05) is 42.1 Å². The van der Waals surface area contributed by atoms with Gasteiger partial charge in [0.05, 0.1) is 0 Å². The summed E-state index contributed by atoms with van der Waals surface area (Å²) in [5.41, 5.74) is 1.08. The predicted molar refractivity (Wildman–Crippen MR) is 75.7 cm³/mol. The molecule has 7 heteroatoms. The molecule has 0 bridgehead atoms. The van der Waals surface area contributed by atoms with Gasteiger partial charge in [0.1, 0.15) is 11.7 Å². The van der Waals surface area contributed by atoms with Crippen molar-refractivity contribution in [3.05, 3.63) is 47.7 Å². The molecule has 1 unspecified atom stereocenters. The number of fused-ring (bicyclic) bond motifs is 1. The van der Waals surface area contributed by atoms with Gasteiger partial charge in [0.15, 0.2) is 0 Å². The lowest BCUT2D eigenvalue weighted by Gasteiger charge is -2.22. The lowest BCUT2D eigenvalue weighted by Crippen LogP contribution is -2.24. The fourth-order valence-corrected chi connectivity index (χ4v) is 2.42. The van der Waals surface area contributed by atoms with Crippen molar-refractivity contribution in [2.45, 2.75) is 11.2 Å². The van der Waals surface area contributed by atoms with E-state index in [1.165, 1.54) is 11.8 Å². The van der Waals surface area contributed by atoms with E-state index in [1.54, 1.807) is 10.8 Å². The molecule has 0 saturated carbocycles. The second kappa shape index (κ2) is 5.01. The number of hydrogen-bond acceptors (Lipinski definition) is 5. The Kier molecular flexibility index (Phi) is 3.19. The van der Waals surface area contributed by atoms with Gasteiger partial charge in [0, 0.05) is 0 Å². The largest absolute Gasteiger partial charge is 0.477 e. The van der Waals surface area contributed by atoms with Crippen LogP contribution in [0.3, 0.4) is 0 Å². The zero-order chi connectivity index (χ0) is 14.1. The first-order chi connectivity index (χ1) is 9.69. The lowest BCUT2D eigenvalue weighted by atomic mass is 10.0. The SMILES string of the molecule is CSc1nc2n(n1)C(c1ccccc1)C=C(C(=O)O)N2. The van der Waals surface area contributed by atoms with Gasteiger partial charge in [-0.15, -0.1) is 5.10 Å². The van der Waals surface area contributed by atoms with Crippen LogP contribution in [0.2, 0.25) is 0 Å². The average molecular weight is 288 g/mol. The number of thioether (sulfide) groups is 1. The van der Waals surface area contributed by atoms with Crippen LogP contribution in [0.5, 0.6) is 0 Å². The van der Waals surface area contributed by atoms with Crippen LogP contribution in [0.25, 0.3) is 0 Å². The summed E-state index contributed by atoms with van der Waals surface area (Å²) in [5, 5.41) is 17.0. The van der Waals surface area contributed by atoms with Crippen LogP contribution in [0.4, 0.5) is 5.95 Å². The van der Waals surface area contributed by atoms with Crippen LogP contribution in [-0.2, 0) is 4.79 Å². The van der Waals surface area contributed by atoms with Crippen molar-refractivity contribution in [1.29, 1.82) is 0 Å². The van der Waals surface area contributed by atoms with Gasteiger partial charge in [-0.2, -0.15) is 4.98 Å². The van der Waals surface area contributed by atoms with E-state index >= 15 is 0 Å². The van der Waals surface area contributed by atoms with Crippen molar-refractivity contribution in [3.63, 3.8) is 0 Å². The van der Waals surface area contributed by atoms with E-state index in [4.69, 9.17) is 0 Å². The minimum atomic E-state index is -1.01. The third-order valence-corrected chi connectivity index (χ3v) is 3.54. The van der Waals surface area contributed by atoms with Crippen LogP contribution in [0, 0.1) is 0 Å². The second-order valence-electron chi connectivity index (χ2n) is 4.23. The molecule has 0 spiro atoms. The van der Waals surface area contributed by atoms with Gasteiger partial charge in [0.2, 0.25) is 11.1 Å². The fraction of sp³-hybridized carbons (Fsp3) is 0.154. The van der Waals surface area contributed by atoms with Gasteiger partial charge in [-0.05, 0) is 17.9 Å². The smallest absolute Gasteiger partial charge is 0.352 e. The number of carboxylic acid groups (broad SMARTS) is 1. The molecule has 6 nitrogen and oxygen atoms in total. The number of rotatable bonds is 3. The second-order valence-corrected chi connectivity index (χ2v) is 5.01. The maximum absolute atomic E-state index is 11.2. The van der Waals surface area contributed by atoms with E-state index < -0.39 is 5.97 Å². The average Bonchev–Trinajstić information content (AvgIpc) is 2.90. The molecule has 2 heterocycles. The normalized spacial score (nSPS) is 17.1. The Bertz CT molecular complexity index is 681.